The summed E-state index contributed by atoms with van der Waals surface area (Å²) in [6.45, 7) is 3.63. The van der Waals surface area contributed by atoms with E-state index in [1.165, 1.54) is 4.90 Å². The van der Waals surface area contributed by atoms with Crippen molar-refractivity contribution in [3.63, 3.8) is 0 Å². The van der Waals surface area contributed by atoms with Crippen molar-refractivity contribution < 1.29 is 17.9 Å². The number of rotatable bonds is 5. The van der Waals surface area contributed by atoms with Crippen LogP contribution in [0, 0.1) is 0 Å². The third-order valence-electron chi connectivity index (χ3n) is 3.47. The van der Waals surface area contributed by atoms with E-state index in [0.29, 0.717) is 13.0 Å². The maximum Gasteiger partial charge on any atom is 0.401 e. The van der Waals surface area contributed by atoms with Gasteiger partial charge in [-0.25, -0.2) is 4.99 Å². The summed E-state index contributed by atoms with van der Waals surface area (Å²) in [5.74, 6) is 0.955. The summed E-state index contributed by atoms with van der Waals surface area (Å²) in [5, 5.41) is 2.94. The molecule has 5 nitrogen and oxygen atoms in total. The summed E-state index contributed by atoms with van der Waals surface area (Å²) in [6, 6.07) is 7.03. The van der Waals surface area contributed by atoms with Gasteiger partial charge in [-0.3, -0.25) is 4.90 Å². The van der Waals surface area contributed by atoms with E-state index < -0.39 is 12.7 Å². The van der Waals surface area contributed by atoms with Gasteiger partial charge in [0.05, 0.1) is 18.7 Å². The number of benzene rings is 1. The third-order valence-corrected chi connectivity index (χ3v) is 3.47. The zero-order chi connectivity index (χ0) is 17.7. The molecule has 1 heterocycles. The molecule has 1 aliphatic heterocycles. The highest BCUT2D eigenvalue weighted by Gasteiger charge is 2.34. The molecule has 1 unspecified atom stereocenters. The second-order valence-corrected chi connectivity index (χ2v) is 6.12. The molecule has 24 heavy (non-hydrogen) atoms. The molecule has 0 aromatic heterocycles. The van der Waals surface area contributed by atoms with Crippen molar-refractivity contribution >= 4 is 11.6 Å². The van der Waals surface area contributed by atoms with Crippen molar-refractivity contribution in [2.75, 3.05) is 25.0 Å². The minimum absolute atomic E-state index is 0.0949. The smallest absolute Gasteiger partial charge is 0.401 e. The van der Waals surface area contributed by atoms with Crippen molar-refractivity contribution in [2.45, 2.75) is 38.6 Å². The van der Waals surface area contributed by atoms with Gasteiger partial charge in [0.25, 0.3) is 0 Å². The number of nitrogens with one attached hydrogen (secondary N) is 1. The van der Waals surface area contributed by atoms with Crippen LogP contribution in [0.1, 0.15) is 20.3 Å². The molecule has 134 valence electrons. The second-order valence-electron chi connectivity index (χ2n) is 6.12. The molecule has 0 radical (unpaired) electrons. The Morgan fingerprint density at radius 3 is 2.62 bits per heavy atom. The summed E-state index contributed by atoms with van der Waals surface area (Å²) >= 11 is 0. The van der Waals surface area contributed by atoms with E-state index in [1.807, 2.05) is 38.1 Å². The molecule has 0 aliphatic carbocycles. The second kappa shape index (κ2) is 7.74. The van der Waals surface area contributed by atoms with Crippen LogP contribution < -0.4 is 15.8 Å². The Bertz CT molecular complexity index is 557. The predicted octanol–water partition coefficient (Wildman–Crippen LogP) is 2.84. The highest BCUT2D eigenvalue weighted by molar-refractivity contribution is 5.92. The fraction of sp³-hybridized carbons (Fsp3) is 0.562. The quantitative estimate of drug-likeness (QED) is 0.637. The molecule has 3 N–H and O–H groups in total. The SMILES string of the molecule is CC(C)Oc1ccc(NC(N)=NC2CCN(CC(F)(F)F)C2)cc1. The molecule has 1 aromatic rings. The average Bonchev–Trinajstić information content (AvgIpc) is 2.85. The molecular weight excluding hydrogens is 321 g/mol. The molecule has 0 saturated carbocycles. The largest absolute Gasteiger partial charge is 0.491 e. The minimum Gasteiger partial charge on any atom is -0.491 e. The van der Waals surface area contributed by atoms with Gasteiger partial charge in [0.15, 0.2) is 5.96 Å². The van der Waals surface area contributed by atoms with Crippen LogP contribution in [-0.4, -0.2) is 48.8 Å². The number of anilines is 1. The summed E-state index contributed by atoms with van der Waals surface area (Å²) in [7, 11) is 0. The first-order valence-electron chi connectivity index (χ1n) is 7.87. The standard InChI is InChI=1S/C16H23F3N4O/c1-11(2)24-14-5-3-12(4-6-14)21-15(20)22-13-7-8-23(9-13)10-16(17,18)19/h3-6,11,13H,7-10H2,1-2H3,(H3,20,21,22). The highest BCUT2D eigenvalue weighted by Crippen LogP contribution is 2.21. The molecule has 1 fully saturated rings. The highest BCUT2D eigenvalue weighted by atomic mass is 19.4. The molecule has 0 spiro atoms. The van der Waals surface area contributed by atoms with E-state index in [4.69, 9.17) is 10.5 Å². The number of nitrogens with two attached hydrogens (primary N) is 1. The first kappa shape index (κ1) is 18.4. The zero-order valence-corrected chi connectivity index (χ0v) is 13.8. The molecule has 1 saturated heterocycles. The van der Waals surface area contributed by atoms with Crippen molar-refractivity contribution in [3.05, 3.63) is 24.3 Å². The van der Waals surface area contributed by atoms with E-state index >= 15 is 0 Å². The van der Waals surface area contributed by atoms with Crippen molar-refractivity contribution in [1.82, 2.24) is 4.90 Å². The summed E-state index contributed by atoms with van der Waals surface area (Å²) in [5.41, 5.74) is 6.59. The monoisotopic (exact) mass is 344 g/mol. The first-order valence-corrected chi connectivity index (χ1v) is 7.87. The Hall–Kier alpha value is -1.96. The van der Waals surface area contributed by atoms with E-state index in [-0.39, 0.29) is 24.7 Å². The maximum atomic E-state index is 12.4. The lowest BCUT2D eigenvalue weighted by atomic mass is 10.3. The van der Waals surface area contributed by atoms with Gasteiger partial charge in [0.2, 0.25) is 0 Å². The Morgan fingerprint density at radius 2 is 2.04 bits per heavy atom. The van der Waals surface area contributed by atoms with E-state index in [0.717, 1.165) is 11.4 Å². The molecule has 2 rings (SSSR count). The average molecular weight is 344 g/mol. The van der Waals surface area contributed by atoms with Crippen molar-refractivity contribution in [2.24, 2.45) is 10.7 Å². The van der Waals surface area contributed by atoms with Crippen LogP contribution in [0.4, 0.5) is 18.9 Å². The van der Waals surface area contributed by atoms with Crippen molar-refractivity contribution in [3.8, 4) is 5.75 Å². The van der Waals surface area contributed by atoms with Crippen LogP contribution in [0.2, 0.25) is 0 Å². The number of likely N-dealkylation sites (tertiary alicyclic amines) is 1. The zero-order valence-electron chi connectivity index (χ0n) is 13.8. The molecule has 0 amide bonds. The summed E-state index contributed by atoms with van der Waals surface area (Å²) < 4.78 is 42.7. The van der Waals surface area contributed by atoms with E-state index in [1.54, 1.807) is 0 Å². The lowest BCUT2D eigenvalue weighted by molar-refractivity contribution is -0.143. The van der Waals surface area contributed by atoms with Gasteiger partial charge in [0, 0.05) is 18.8 Å². The van der Waals surface area contributed by atoms with Gasteiger partial charge in [-0.2, -0.15) is 13.2 Å². The number of hydrogen-bond donors (Lipinski definition) is 2. The molecule has 1 atom stereocenters. The van der Waals surface area contributed by atoms with Crippen LogP contribution in [0.3, 0.4) is 0 Å². The fourth-order valence-electron chi connectivity index (χ4n) is 2.58. The summed E-state index contributed by atoms with van der Waals surface area (Å²) in [4.78, 5) is 5.61. The number of ether oxygens (including phenoxy) is 1. The van der Waals surface area contributed by atoms with Crippen LogP contribution in [0.15, 0.2) is 29.3 Å². The Balaban J connectivity index is 1.86. The number of aliphatic imine (C=N–C) groups is 1. The number of halogens is 3. The van der Waals surface area contributed by atoms with Crippen LogP contribution in [0.25, 0.3) is 0 Å². The van der Waals surface area contributed by atoms with Crippen molar-refractivity contribution in [1.29, 1.82) is 0 Å². The Morgan fingerprint density at radius 1 is 1.38 bits per heavy atom. The molecule has 1 aromatic carbocycles. The lowest BCUT2D eigenvalue weighted by Crippen LogP contribution is -2.33. The molecule has 0 bridgehead atoms. The van der Waals surface area contributed by atoms with Gasteiger partial charge in [-0.1, -0.05) is 0 Å². The van der Waals surface area contributed by atoms with Crippen LogP contribution in [0.5, 0.6) is 5.75 Å². The van der Waals surface area contributed by atoms with E-state index in [2.05, 4.69) is 10.3 Å². The van der Waals surface area contributed by atoms with E-state index in [9.17, 15) is 13.2 Å². The minimum atomic E-state index is -4.18. The molecular formula is C16H23F3N4O. The topological polar surface area (TPSA) is 62.9 Å². The maximum absolute atomic E-state index is 12.4. The lowest BCUT2D eigenvalue weighted by Gasteiger charge is -2.17. The number of guanidine groups is 1. The number of alkyl halides is 3. The third kappa shape index (κ3) is 6.27. The predicted molar refractivity (Wildman–Crippen MR) is 88.4 cm³/mol. The van der Waals surface area contributed by atoms with Crippen LogP contribution in [-0.2, 0) is 0 Å². The normalized spacial score (nSPS) is 19.8. The number of hydrogen-bond acceptors (Lipinski definition) is 3. The number of nitrogens with zero attached hydrogens (tertiary/aromatic N) is 2. The molecule has 1 aliphatic rings. The fourth-order valence-corrected chi connectivity index (χ4v) is 2.58. The van der Waals surface area contributed by atoms with Crippen LogP contribution >= 0.6 is 0 Å². The molecule has 8 heteroatoms. The van der Waals surface area contributed by atoms with Gasteiger partial charge < -0.3 is 15.8 Å². The van der Waals surface area contributed by atoms with Gasteiger partial charge in [-0.15, -0.1) is 0 Å². The van der Waals surface area contributed by atoms with Gasteiger partial charge in [-0.05, 0) is 44.5 Å². The Labute approximate surface area is 139 Å². The van der Waals surface area contributed by atoms with Gasteiger partial charge >= 0.3 is 6.18 Å². The Kier molecular flexibility index (Phi) is 5.93. The summed E-state index contributed by atoms with van der Waals surface area (Å²) in [6.07, 6.45) is -3.51. The van der Waals surface area contributed by atoms with Gasteiger partial charge in [0.1, 0.15) is 5.75 Å². The first-order chi connectivity index (χ1) is 11.2.